The topological polar surface area (TPSA) is 9.23 Å². The van der Waals surface area contributed by atoms with E-state index in [1.807, 2.05) is 0 Å². The summed E-state index contributed by atoms with van der Waals surface area (Å²) in [7, 11) is 0. The molecule has 0 bridgehead atoms. The standard InChI is InChI=1S/C16H31BrO/c1-2-3-4-5-6-7-8-9-11-16(14-17)12-10-13-18-15-16/h2-15H2,1H3. The molecule has 0 aromatic rings. The molecule has 1 unspecified atom stereocenters. The molecule has 0 aliphatic carbocycles. The van der Waals surface area contributed by atoms with Gasteiger partial charge in [-0.05, 0) is 19.3 Å². The Morgan fingerprint density at radius 3 is 2.22 bits per heavy atom. The van der Waals surface area contributed by atoms with Crippen LogP contribution in [0, 0.1) is 5.41 Å². The van der Waals surface area contributed by atoms with Gasteiger partial charge in [-0.1, -0.05) is 74.2 Å². The van der Waals surface area contributed by atoms with Gasteiger partial charge in [-0.2, -0.15) is 0 Å². The van der Waals surface area contributed by atoms with Crippen LogP contribution in [0.15, 0.2) is 0 Å². The zero-order valence-corrected chi connectivity index (χ0v) is 13.8. The molecular weight excluding hydrogens is 288 g/mol. The Morgan fingerprint density at radius 2 is 1.67 bits per heavy atom. The summed E-state index contributed by atoms with van der Waals surface area (Å²) in [6.07, 6.45) is 15.3. The Balaban J connectivity index is 1.98. The third kappa shape index (κ3) is 6.56. The van der Waals surface area contributed by atoms with Crippen molar-refractivity contribution < 1.29 is 4.74 Å². The minimum absolute atomic E-state index is 0.459. The van der Waals surface area contributed by atoms with E-state index in [2.05, 4.69) is 22.9 Å². The first kappa shape index (κ1) is 16.5. The summed E-state index contributed by atoms with van der Waals surface area (Å²) in [5.41, 5.74) is 0.459. The molecule has 1 aliphatic rings. The summed E-state index contributed by atoms with van der Waals surface area (Å²) in [6.45, 7) is 4.24. The largest absolute Gasteiger partial charge is 0.381 e. The summed E-state index contributed by atoms with van der Waals surface area (Å²) in [6, 6.07) is 0. The van der Waals surface area contributed by atoms with Crippen molar-refractivity contribution in [2.24, 2.45) is 5.41 Å². The zero-order valence-electron chi connectivity index (χ0n) is 12.2. The summed E-state index contributed by atoms with van der Waals surface area (Å²) < 4.78 is 5.67. The smallest absolute Gasteiger partial charge is 0.0530 e. The van der Waals surface area contributed by atoms with Gasteiger partial charge >= 0.3 is 0 Å². The predicted molar refractivity (Wildman–Crippen MR) is 83.5 cm³/mol. The summed E-state index contributed by atoms with van der Waals surface area (Å²) in [4.78, 5) is 0. The van der Waals surface area contributed by atoms with Crippen molar-refractivity contribution in [2.45, 2.75) is 77.6 Å². The fourth-order valence-corrected chi connectivity index (χ4v) is 3.64. The summed E-state index contributed by atoms with van der Waals surface area (Å²) in [5, 5.41) is 1.12. The van der Waals surface area contributed by atoms with Crippen molar-refractivity contribution in [2.75, 3.05) is 18.5 Å². The van der Waals surface area contributed by atoms with E-state index in [1.54, 1.807) is 0 Å². The van der Waals surface area contributed by atoms with Gasteiger partial charge in [0.05, 0.1) is 6.61 Å². The lowest BCUT2D eigenvalue weighted by atomic mass is 9.80. The molecule has 108 valence electrons. The first-order chi connectivity index (χ1) is 8.83. The van der Waals surface area contributed by atoms with Crippen molar-refractivity contribution in [3.63, 3.8) is 0 Å². The quantitative estimate of drug-likeness (QED) is 0.370. The molecule has 1 nitrogen and oxygen atoms in total. The van der Waals surface area contributed by atoms with Crippen molar-refractivity contribution >= 4 is 15.9 Å². The van der Waals surface area contributed by atoms with Gasteiger partial charge in [0.15, 0.2) is 0 Å². The molecule has 0 amide bonds. The lowest BCUT2D eigenvalue weighted by Gasteiger charge is -2.35. The highest BCUT2D eigenvalue weighted by atomic mass is 79.9. The van der Waals surface area contributed by atoms with Crippen LogP contribution in [0.4, 0.5) is 0 Å². The number of ether oxygens (including phenoxy) is 1. The second-order valence-electron chi connectivity index (χ2n) is 6.01. The third-order valence-corrected chi connectivity index (χ3v) is 5.44. The van der Waals surface area contributed by atoms with Crippen LogP contribution in [0.2, 0.25) is 0 Å². The first-order valence-electron chi connectivity index (χ1n) is 7.97. The lowest BCUT2D eigenvalue weighted by molar-refractivity contribution is 0.000215. The molecule has 1 aliphatic heterocycles. The van der Waals surface area contributed by atoms with Crippen molar-refractivity contribution in [1.29, 1.82) is 0 Å². The molecule has 0 aromatic heterocycles. The number of halogens is 1. The molecule has 0 saturated carbocycles. The number of unbranched alkanes of at least 4 members (excludes halogenated alkanes) is 7. The van der Waals surface area contributed by atoms with Crippen molar-refractivity contribution in [1.82, 2.24) is 0 Å². The number of hydrogen-bond acceptors (Lipinski definition) is 1. The van der Waals surface area contributed by atoms with Crippen LogP contribution in [0.1, 0.15) is 77.6 Å². The van der Waals surface area contributed by atoms with Gasteiger partial charge in [-0.25, -0.2) is 0 Å². The Morgan fingerprint density at radius 1 is 1.00 bits per heavy atom. The van der Waals surface area contributed by atoms with E-state index in [-0.39, 0.29) is 0 Å². The minimum atomic E-state index is 0.459. The number of hydrogen-bond donors (Lipinski definition) is 0. The van der Waals surface area contributed by atoms with Gasteiger partial charge in [-0.3, -0.25) is 0 Å². The zero-order chi connectivity index (χ0) is 13.1. The van der Waals surface area contributed by atoms with E-state index in [0.717, 1.165) is 18.5 Å². The maximum Gasteiger partial charge on any atom is 0.0530 e. The number of alkyl halides is 1. The van der Waals surface area contributed by atoms with Gasteiger partial charge in [-0.15, -0.1) is 0 Å². The maximum atomic E-state index is 5.67. The highest BCUT2D eigenvalue weighted by Gasteiger charge is 2.30. The van der Waals surface area contributed by atoms with E-state index in [4.69, 9.17) is 4.74 Å². The first-order valence-corrected chi connectivity index (χ1v) is 9.09. The van der Waals surface area contributed by atoms with Crippen molar-refractivity contribution in [3.05, 3.63) is 0 Å². The molecule has 0 radical (unpaired) electrons. The minimum Gasteiger partial charge on any atom is -0.381 e. The molecular formula is C16H31BrO. The summed E-state index contributed by atoms with van der Waals surface area (Å²) in [5.74, 6) is 0. The van der Waals surface area contributed by atoms with Crippen LogP contribution in [0.5, 0.6) is 0 Å². The van der Waals surface area contributed by atoms with Gasteiger partial charge in [0, 0.05) is 17.4 Å². The highest BCUT2D eigenvalue weighted by molar-refractivity contribution is 9.09. The van der Waals surface area contributed by atoms with Crippen LogP contribution in [0.25, 0.3) is 0 Å². The maximum absolute atomic E-state index is 5.67. The van der Waals surface area contributed by atoms with E-state index < -0.39 is 0 Å². The van der Waals surface area contributed by atoms with E-state index in [9.17, 15) is 0 Å². The predicted octanol–water partition coefficient (Wildman–Crippen LogP) is 5.71. The molecule has 2 heteroatoms. The van der Waals surface area contributed by atoms with Crippen LogP contribution in [-0.4, -0.2) is 18.5 Å². The molecule has 1 atom stereocenters. The number of rotatable bonds is 10. The van der Waals surface area contributed by atoms with E-state index in [0.29, 0.717) is 5.41 Å². The molecule has 1 heterocycles. The van der Waals surface area contributed by atoms with Gasteiger partial charge < -0.3 is 4.74 Å². The second-order valence-corrected chi connectivity index (χ2v) is 6.58. The molecule has 0 N–H and O–H groups in total. The monoisotopic (exact) mass is 318 g/mol. The molecule has 1 rings (SSSR count). The third-order valence-electron chi connectivity index (χ3n) is 4.25. The second kappa shape index (κ2) is 10.3. The normalized spacial score (nSPS) is 24.3. The Bertz CT molecular complexity index is 188. The molecule has 0 aromatic carbocycles. The van der Waals surface area contributed by atoms with Crippen LogP contribution in [0.3, 0.4) is 0 Å². The molecule has 1 fully saturated rings. The SMILES string of the molecule is CCCCCCCCCCC1(CBr)CCCOC1. The van der Waals surface area contributed by atoms with E-state index >= 15 is 0 Å². The molecule has 18 heavy (non-hydrogen) atoms. The average Bonchev–Trinajstić information content (AvgIpc) is 2.43. The van der Waals surface area contributed by atoms with Crippen LogP contribution >= 0.6 is 15.9 Å². The van der Waals surface area contributed by atoms with E-state index in [1.165, 1.54) is 70.6 Å². The lowest BCUT2D eigenvalue weighted by Crippen LogP contribution is -2.33. The summed E-state index contributed by atoms with van der Waals surface area (Å²) >= 11 is 3.70. The van der Waals surface area contributed by atoms with Gasteiger partial charge in [0.2, 0.25) is 0 Å². The molecule has 0 spiro atoms. The molecule has 1 saturated heterocycles. The highest BCUT2D eigenvalue weighted by Crippen LogP contribution is 2.36. The Kier molecular flexibility index (Phi) is 9.40. The van der Waals surface area contributed by atoms with Crippen molar-refractivity contribution in [3.8, 4) is 0 Å². The van der Waals surface area contributed by atoms with Crippen LogP contribution in [-0.2, 0) is 4.74 Å². The fraction of sp³-hybridized carbons (Fsp3) is 1.00. The average molecular weight is 319 g/mol. The van der Waals surface area contributed by atoms with Gasteiger partial charge in [0.1, 0.15) is 0 Å². The van der Waals surface area contributed by atoms with Crippen LogP contribution < -0.4 is 0 Å². The van der Waals surface area contributed by atoms with Gasteiger partial charge in [0.25, 0.3) is 0 Å². The fourth-order valence-electron chi connectivity index (χ4n) is 2.91. The Hall–Kier alpha value is 0.440. The Labute approximate surface area is 122 Å².